The lowest BCUT2D eigenvalue weighted by Crippen LogP contribution is -2.28. The van der Waals surface area contributed by atoms with E-state index in [9.17, 15) is 0 Å². The number of benzene rings is 1. The van der Waals surface area contributed by atoms with Gasteiger partial charge in [0.2, 0.25) is 0 Å². The van der Waals surface area contributed by atoms with E-state index in [1.807, 2.05) is 30.5 Å². The van der Waals surface area contributed by atoms with Crippen LogP contribution in [-0.2, 0) is 0 Å². The Bertz CT molecular complexity index is 574. The minimum Gasteiger partial charge on any atom is -0.482 e. The highest BCUT2D eigenvalue weighted by Crippen LogP contribution is 2.35. The lowest BCUT2D eigenvalue weighted by Gasteiger charge is -2.22. The molecule has 0 radical (unpaired) electrons. The van der Waals surface area contributed by atoms with E-state index in [1.165, 1.54) is 0 Å². The van der Waals surface area contributed by atoms with E-state index >= 15 is 0 Å². The van der Waals surface area contributed by atoms with Gasteiger partial charge in [-0.15, -0.1) is 11.3 Å². The number of hydrogen-bond donors (Lipinski definition) is 1. The van der Waals surface area contributed by atoms with Gasteiger partial charge in [0.25, 0.3) is 0 Å². The van der Waals surface area contributed by atoms with E-state index in [0.717, 1.165) is 13.8 Å². The molecule has 0 aliphatic heterocycles. The molecule has 1 heterocycles. The fourth-order valence-electron chi connectivity index (χ4n) is 1.61. The molecule has 0 fully saturated rings. The van der Waals surface area contributed by atoms with Gasteiger partial charge in [0.05, 0.1) is 5.02 Å². The Kier molecular flexibility index (Phi) is 5.31. The van der Waals surface area contributed by atoms with Crippen molar-refractivity contribution in [1.29, 1.82) is 0 Å². The lowest BCUT2D eigenvalue weighted by atomic mass is 10.1. The van der Waals surface area contributed by atoms with E-state index in [1.54, 1.807) is 17.4 Å². The smallest absolute Gasteiger partial charge is 0.148 e. The van der Waals surface area contributed by atoms with Crippen molar-refractivity contribution >= 4 is 54.8 Å². The van der Waals surface area contributed by atoms with Gasteiger partial charge in [0.1, 0.15) is 11.9 Å². The molecule has 0 aliphatic carbocycles. The summed E-state index contributed by atoms with van der Waals surface area (Å²) in [4.78, 5) is 1.07. The molecular formula is C13H12Br2ClNOS. The number of hydrogen-bond acceptors (Lipinski definition) is 3. The van der Waals surface area contributed by atoms with E-state index < -0.39 is 0 Å². The van der Waals surface area contributed by atoms with Crippen molar-refractivity contribution < 1.29 is 4.74 Å². The Hall–Kier alpha value is -0.0700. The molecule has 6 heteroatoms. The second-order valence-corrected chi connectivity index (χ2v) is 7.32. The zero-order valence-corrected chi connectivity index (χ0v) is 14.8. The molecule has 2 atom stereocenters. The van der Waals surface area contributed by atoms with Gasteiger partial charge in [0, 0.05) is 25.2 Å². The average molecular weight is 426 g/mol. The number of thiophene rings is 1. The fraction of sp³-hybridized carbons (Fsp3) is 0.231. The number of rotatable bonds is 4. The summed E-state index contributed by atoms with van der Waals surface area (Å²) in [5.74, 6) is 0.636. The van der Waals surface area contributed by atoms with Gasteiger partial charge < -0.3 is 10.5 Å². The lowest BCUT2D eigenvalue weighted by molar-refractivity contribution is 0.184. The van der Waals surface area contributed by atoms with E-state index in [-0.39, 0.29) is 12.1 Å². The maximum absolute atomic E-state index is 6.17. The van der Waals surface area contributed by atoms with Gasteiger partial charge in [-0.3, -0.25) is 0 Å². The summed E-state index contributed by atoms with van der Waals surface area (Å²) in [6.07, 6.45) is -0.213. The van der Waals surface area contributed by atoms with Crippen molar-refractivity contribution in [2.45, 2.75) is 19.1 Å². The quantitative estimate of drug-likeness (QED) is 0.712. The topological polar surface area (TPSA) is 35.2 Å². The Balaban J connectivity index is 2.26. The minimum absolute atomic E-state index is 0.134. The zero-order valence-electron chi connectivity index (χ0n) is 10.1. The first-order valence-corrected chi connectivity index (χ1v) is 8.43. The molecule has 1 aromatic carbocycles. The molecule has 1 aromatic heterocycles. The Morgan fingerprint density at radius 2 is 2.00 bits per heavy atom. The van der Waals surface area contributed by atoms with E-state index in [0.29, 0.717) is 10.8 Å². The van der Waals surface area contributed by atoms with Crippen LogP contribution >= 0.6 is 54.8 Å². The van der Waals surface area contributed by atoms with Crippen molar-refractivity contribution in [3.05, 3.63) is 48.5 Å². The molecule has 0 saturated heterocycles. The molecule has 2 N–H and O–H groups in total. The highest BCUT2D eigenvalue weighted by atomic mass is 79.9. The molecule has 2 rings (SSSR count). The van der Waals surface area contributed by atoms with E-state index in [4.69, 9.17) is 22.1 Å². The summed E-state index contributed by atoms with van der Waals surface area (Å²) in [5.41, 5.74) is 6.02. The summed E-state index contributed by atoms with van der Waals surface area (Å²) in [7, 11) is 0. The number of ether oxygens (including phenoxy) is 1. The van der Waals surface area contributed by atoms with Crippen LogP contribution in [0.25, 0.3) is 0 Å². The van der Waals surface area contributed by atoms with Crippen LogP contribution in [-0.4, -0.2) is 6.04 Å². The zero-order chi connectivity index (χ0) is 14.0. The maximum Gasteiger partial charge on any atom is 0.148 e. The largest absolute Gasteiger partial charge is 0.482 e. The first-order valence-electron chi connectivity index (χ1n) is 5.58. The normalized spacial score (nSPS) is 14.2. The summed E-state index contributed by atoms with van der Waals surface area (Å²) in [6.45, 7) is 1.92. The molecule has 2 unspecified atom stereocenters. The third kappa shape index (κ3) is 3.95. The minimum atomic E-state index is -0.213. The Morgan fingerprint density at radius 3 is 2.53 bits per heavy atom. The van der Waals surface area contributed by atoms with Crippen LogP contribution in [0, 0.1) is 0 Å². The second-order valence-electron chi connectivity index (χ2n) is 4.14. The summed E-state index contributed by atoms with van der Waals surface area (Å²) in [6, 6.07) is 7.42. The highest BCUT2D eigenvalue weighted by molar-refractivity contribution is 9.10. The molecule has 0 amide bonds. The van der Waals surface area contributed by atoms with Crippen molar-refractivity contribution in [2.24, 2.45) is 5.73 Å². The third-order valence-corrected chi connectivity index (χ3v) is 5.04. The first-order chi connectivity index (χ1) is 8.97. The fourth-order valence-corrected chi connectivity index (χ4v) is 3.91. The molecule has 19 heavy (non-hydrogen) atoms. The van der Waals surface area contributed by atoms with Crippen LogP contribution in [0.2, 0.25) is 5.02 Å². The molecule has 102 valence electrons. The van der Waals surface area contributed by atoms with Crippen molar-refractivity contribution in [2.75, 3.05) is 0 Å². The van der Waals surface area contributed by atoms with Crippen LogP contribution < -0.4 is 10.5 Å². The number of halogens is 3. The molecule has 2 aromatic rings. The van der Waals surface area contributed by atoms with Gasteiger partial charge in [0.15, 0.2) is 0 Å². The Labute approximate surface area is 138 Å². The molecule has 0 aliphatic rings. The predicted octanol–water partition coefficient (Wildman–Crippen LogP) is 5.39. The van der Waals surface area contributed by atoms with Crippen LogP contribution in [0.3, 0.4) is 0 Å². The van der Waals surface area contributed by atoms with Crippen LogP contribution in [0.5, 0.6) is 5.75 Å². The maximum atomic E-state index is 6.17. The number of nitrogens with two attached hydrogens (primary N) is 1. The molecule has 0 saturated carbocycles. The van der Waals surface area contributed by atoms with Gasteiger partial charge in [-0.25, -0.2) is 0 Å². The van der Waals surface area contributed by atoms with Crippen molar-refractivity contribution in [3.63, 3.8) is 0 Å². The van der Waals surface area contributed by atoms with Crippen LogP contribution in [0.4, 0.5) is 0 Å². The average Bonchev–Trinajstić information content (AvgIpc) is 2.74. The summed E-state index contributed by atoms with van der Waals surface area (Å²) in [5, 5.41) is 2.58. The first kappa shape index (κ1) is 15.3. The standard InChI is InChI=1S/C13H12Br2ClNOS/c1-7(17)13(12-5-9(15)6-19-12)18-11-3-2-8(14)4-10(11)16/h2-7,13H,17H2,1H3. The van der Waals surface area contributed by atoms with Crippen LogP contribution in [0.15, 0.2) is 38.6 Å². The molecule has 2 nitrogen and oxygen atoms in total. The van der Waals surface area contributed by atoms with Crippen molar-refractivity contribution in [1.82, 2.24) is 0 Å². The van der Waals surface area contributed by atoms with E-state index in [2.05, 4.69) is 31.9 Å². The third-order valence-electron chi connectivity index (χ3n) is 2.49. The highest BCUT2D eigenvalue weighted by Gasteiger charge is 2.21. The van der Waals surface area contributed by atoms with Crippen molar-refractivity contribution in [3.8, 4) is 5.75 Å². The molecular weight excluding hydrogens is 413 g/mol. The summed E-state index contributed by atoms with van der Waals surface area (Å²) < 4.78 is 7.92. The molecule has 0 bridgehead atoms. The van der Waals surface area contributed by atoms with Gasteiger partial charge in [-0.05, 0) is 47.1 Å². The molecule has 0 spiro atoms. The van der Waals surface area contributed by atoms with Crippen LogP contribution in [0.1, 0.15) is 17.9 Å². The SMILES string of the molecule is CC(N)C(Oc1ccc(Br)cc1Cl)c1cc(Br)cs1. The monoisotopic (exact) mass is 423 g/mol. The predicted molar refractivity (Wildman–Crippen MR) is 88.2 cm³/mol. The van der Waals surface area contributed by atoms with Gasteiger partial charge in [-0.1, -0.05) is 27.5 Å². The summed E-state index contributed by atoms with van der Waals surface area (Å²) >= 11 is 14.6. The Morgan fingerprint density at radius 1 is 1.26 bits per heavy atom. The van der Waals surface area contributed by atoms with Gasteiger partial charge >= 0.3 is 0 Å². The van der Waals surface area contributed by atoms with Gasteiger partial charge in [-0.2, -0.15) is 0 Å². The second kappa shape index (κ2) is 6.59.